The van der Waals surface area contributed by atoms with Crippen LogP contribution >= 0.6 is 11.8 Å². The lowest BCUT2D eigenvalue weighted by atomic mass is 10.1. The van der Waals surface area contributed by atoms with Crippen LogP contribution in [0, 0.1) is 12.5 Å². The standard InChI is InChI=1S/C10H14N2S/c1-4-11-10(13-3)12-7-5-9(2)6-8-12/h1H,2,5-8H2,3H3. The van der Waals surface area contributed by atoms with Crippen LogP contribution in [0.15, 0.2) is 17.1 Å². The largest absolute Gasteiger partial charge is 0.350 e. The Morgan fingerprint density at radius 3 is 2.69 bits per heavy atom. The van der Waals surface area contributed by atoms with Gasteiger partial charge in [0.2, 0.25) is 0 Å². The molecule has 1 aliphatic heterocycles. The third kappa shape index (κ3) is 2.82. The molecule has 0 amide bonds. The predicted octanol–water partition coefficient (Wildman–Crippen LogP) is 1.95. The molecule has 1 saturated heterocycles. The summed E-state index contributed by atoms with van der Waals surface area (Å²) in [6, 6.07) is 2.33. The molecule has 0 aliphatic carbocycles. The van der Waals surface area contributed by atoms with Crippen LogP contribution < -0.4 is 0 Å². The van der Waals surface area contributed by atoms with Gasteiger partial charge in [-0.05, 0) is 19.1 Å². The lowest BCUT2D eigenvalue weighted by Gasteiger charge is -2.29. The van der Waals surface area contributed by atoms with Crippen LogP contribution in [0.2, 0.25) is 0 Å². The molecule has 0 bridgehead atoms. The number of hydrogen-bond acceptors (Lipinski definition) is 2. The first-order valence-electron chi connectivity index (χ1n) is 4.26. The molecule has 1 heterocycles. The number of likely N-dealkylation sites (tertiary alicyclic amines) is 1. The minimum Gasteiger partial charge on any atom is -0.350 e. The van der Waals surface area contributed by atoms with Crippen LogP contribution in [-0.2, 0) is 0 Å². The van der Waals surface area contributed by atoms with E-state index in [9.17, 15) is 0 Å². The molecular formula is C10H14N2S. The average molecular weight is 194 g/mol. The fourth-order valence-corrected chi connectivity index (χ4v) is 1.90. The monoisotopic (exact) mass is 194 g/mol. The van der Waals surface area contributed by atoms with E-state index in [1.807, 2.05) is 6.26 Å². The molecule has 0 saturated carbocycles. The Hall–Kier alpha value is -0.880. The van der Waals surface area contributed by atoms with Gasteiger partial charge in [0, 0.05) is 19.1 Å². The number of aliphatic imine (C=N–C) groups is 1. The van der Waals surface area contributed by atoms with Crippen molar-refractivity contribution in [2.24, 2.45) is 4.99 Å². The zero-order chi connectivity index (χ0) is 9.68. The number of thioether (sulfide) groups is 1. The number of terminal acetylenes is 1. The molecule has 3 heteroatoms. The van der Waals surface area contributed by atoms with E-state index >= 15 is 0 Å². The number of hydrogen-bond donors (Lipinski definition) is 0. The van der Waals surface area contributed by atoms with Gasteiger partial charge in [0.1, 0.15) is 0 Å². The van der Waals surface area contributed by atoms with Crippen LogP contribution in [0.25, 0.3) is 0 Å². The van der Waals surface area contributed by atoms with Crippen molar-refractivity contribution in [2.75, 3.05) is 19.3 Å². The first-order valence-corrected chi connectivity index (χ1v) is 5.49. The molecule has 1 rings (SSSR count). The molecule has 0 radical (unpaired) electrons. The lowest BCUT2D eigenvalue weighted by molar-refractivity contribution is 0.396. The molecule has 0 N–H and O–H groups in total. The van der Waals surface area contributed by atoms with Gasteiger partial charge in [0.05, 0.1) is 0 Å². The molecule has 13 heavy (non-hydrogen) atoms. The molecule has 0 atom stereocenters. The van der Waals surface area contributed by atoms with Crippen LogP contribution in [0.1, 0.15) is 12.8 Å². The topological polar surface area (TPSA) is 15.6 Å². The predicted molar refractivity (Wildman–Crippen MR) is 59.7 cm³/mol. The Bertz CT molecular complexity index is 253. The summed E-state index contributed by atoms with van der Waals surface area (Å²) < 4.78 is 0. The third-order valence-corrected chi connectivity index (χ3v) is 2.80. The fraction of sp³-hybridized carbons (Fsp3) is 0.500. The van der Waals surface area contributed by atoms with Crippen molar-refractivity contribution in [2.45, 2.75) is 12.8 Å². The van der Waals surface area contributed by atoms with Crippen molar-refractivity contribution in [1.82, 2.24) is 4.90 Å². The molecule has 0 aromatic heterocycles. The van der Waals surface area contributed by atoms with Crippen molar-refractivity contribution < 1.29 is 0 Å². The molecule has 2 nitrogen and oxygen atoms in total. The van der Waals surface area contributed by atoms with Crippen LogP contribution in [0.5, 0.6) is 0 Å². The minimum atomic E-state index is 0.954. The first-order chi connectivity index (χ1) is 6.27. The van der Waals surface area contributed by atoms with Crippen LogP contribution in [0.3, 0.4) is 0 Å². The maximum absolute atomic E-state index is 5.14. The molecule has 70 valence electrons. The highest BCUT2D eigenvalue weighted by atomic mass is 32.2. The quantitative estimate of drug-likeness (QED) is 0.253. The Labute approximate surface area is 84.1 Å². The van der Waals surface area contributed by atoms with Gasteiger partial charge >= 0.3 is 0 Å². The SMILES string of the molecule is C#CN=C(SC)N1CCC(=C)CC1. The van der Waals surface area contributed by atoms with Crippen molar-refractivity contribution in [1.29, 1.82) is 0 Å². The Morgan fingerprint density at radius 1 is 1.62 bits per heavy atom. The van der Waals surface area contributed by atoms with E-state index in [-0.39, 0.29) is 0 Å². The van der Waals surface area contributed by atoms with Gasteiger partial charge in [-0.25, -0.2) is 0 Å². The van der Waals surface area contributed by atoms with Crippen molar-refractivity contribution >= 4 is 16.9 Å². The van der Waals surface area contributed by atoms with Crippen molar-refractivity contribution in [3.8, 4) is 12.5 Å². The van der Waals surface area contributed by atoms with Crippen molar-refractivity contribution in [3.63, 3.8) is 0 Å². The summed E-state index contributed by atoms with van der Waals surface area (Å²) in [7, 11) is 0. The number of nitrogens with zero attached hydrogens (tertiary/aromatic N) is 2. The second-order valence-corrected chi connectivity index (χ2v) is 3.74. The molecule has 0 unspecified atom stereocenters. The second-order valence-electron chi connectivity index (χ2n) is 2.96. The van der Waals surface area contributed by atoms with Gasteiger partial charge in [0.15, 0.2) is 5.17 Å². The van der Waals surface area contributed by atoms with E-state index in [2.05, 4.69) is 22.5 Å². The zero-order valence-electron chi connectivity index (χ0n) is 7.92. The molecule has 0 aromatic rings. The Kier molecular flexibility index (Phi) is 3.91. The third-order valence-electron chi connectivity index (χ3n) is 2.08. The van der Waals surface area contributed by atoms with E-state index in [0.29, 0.717) is 0 Å². The second kappa shape index (κ2) is 4.98. The molecule has 0 aromatic carbocycles. The summed E-state index contributed by atoms with van der Waals surface area (Å²) in [5.74, 6) is 0. The smallest absolute Gasteiger partial charge is 0.173 e. The van der Waals surface area contributed by atoms with E-state index < -0.39 is 0 Å². The fourth-order valence-electron chi connectivity index (χ4n) is 1.31. The zero-order valence-corrected chi connectivity index (χ0v) is 8.73. The number of rotatable bonds is 0. The van der Waals surface area contributed by atoms with Gasteiger partial charge < -0.3 is 4.90 Å². The molecular weight excluding hydrogens is 180 g/mol. The van der Waals surface area contributed by atoms with Crippen molar-refractivity contribution in [3.05, 3.63) is 12.2 Å². The summed E-state index contributed by atoms with van der Waals surface area (Å²) in [5, 5.41) is 0.954. The van der Waals surface area contributed by atoms with Crippen LogP contribution in [0.4, 0.5) is 0 Å². The highest BCUT2D eigenvalue weighted by Crippen LogP contribution is 2.17. The van der Waals surface area contributed by atoms with E-state index in [0.717, 1.165) is 31.1 Å². The Balaban J connectivity index is 2.57. The molecule has 1 fully saturated rings. The molecule has 0 spiro atoms. The summed E-state index contributed by atoms with van der Waals surface area (Å²) in [6.45, 7) is 5.97. The van der Waals surface area contributed by atoms with E-state index in [4.69, 9.17) is 6.42 Å². The van der Waals surface area contributed by atoms with Gasteiger partial charge in [-0.1, -0.05) is 30.3 Å². The summed E-state index contributed by atoms with van der Waals surface area (Å²) in [5.41, 5.74) is 1.33. The Morgan fingerprint density at radius 2 is 2.23 bits per heavy atom. The average Bonchev–Trinajstić information content (AvgIpc) is 2.16. The normalized spacial score (nSPS) is 18.6. The lowest BCUT2D eigenvalue weighted by Crippen LogP contribution is -2.34. The van der Waals surface area contributed by atoms with E-state index in [1.54, 1.807) is 11.8 Å². The highest BCUT2D eigenvalue weighted by molar-refractivity contribution is 8.13. The van der Waals surface area contributed by atoms with Gasteiger partial charge in [0.25, 0.3) is 0 Å². The number of amidine groups is 1. The summed E-state index contributed by atoms with van der Waals surface area (Å²) in [6.07, 6.45) is 9.26. The highest BCUT2D eigenvalue weighted by Gasteiger charge is 2.15. The first kappa shape index (κ1) is 10.2. The molecule has 1 aliphatic rings. The maximum Gasteiger partial charge on any atom is 0.173 e. The maximum atomic E-state index is 5.14. The van der Waals surface area contributed by atoms with Gasteiger partial charge in [-0.2, -0.15) is 4.99 Å². The minimum absolute atomic E-state index is 0.954. The van der Waals surface area contributed by atoms with Gasteiger partial charge in [-0.3, -0.25) is 0 Å². The van der Waals surface area contributed by atoms with Crippen LogP contribution in [-0.4, -0.2) is 29.4 Å². The van der Waals surface area contributed by atoms with Gasteiger partial charge in [-0.15, -0.1) is 0 Å². The summed E-state index contributed by atoms with van der Waals surface area (Å²) >= 11 is 1.61. The van der Waals surface area contributed by atoms with E-state index in [1.165, 1.54) is 5.57 Å². The summed E-state index contributed by atoms with van der Waals surface area (Å²) in [4.78, 5) is 6.22. The number of piperidine rings is 1.